The van der Waals surface area contributed by atoms with Gasteiger partial charge in [-0.3, -0.25) is 4.79 Å². The van der Waals surface area contributed by atoms with Crippen LogP contribution in [0.15, 0.2) is 24.3 Å². The van der Waals surface area contributed by atoms with Crippen LogP contribution in [0.3, 0.4) is 0 Å². The largest absolute Gasteiger partial charge is 0.294 e. The van der Waals surface area contributed by atoms with Crippen LogP contribution in [-0.4, -0.2) is 11.0 Å². The zero-order valence-corrected chi connectivity index (χ0v) is 10.4. The van der Waals surface area contributed by atoms with Crippen molar-refractivity contribution in [3.05, 3.63) is 35.4 Å². The van der Waals surface area contributed by atoms with Crippen molar-refractivity contribution in [2.75, 3.05) is 0 Å². The molecule has 0 fully saturated rings. The summed E-state index contributed by atoms with van der Waals surface area (Å²) in [5, 5.41) is 0.358. The summed E-state index contributed by atoms with van der Waals surface area (Å²) >= 11 is 4.34. The first-order valence-electron chi connectivity index (χ1n) is 5.32. The number of carbonyl (C=O) groups is 1. The smallest absolute Gasteiger partial charge is 0.165 e. The maximum atomic E-state index is 11.7. The summed E-state index contributed by atoms with van der Waals surface area (Å²) in [4.78, 5) is 11.7. The number of ketones is 1. The highest BCUT2D eigenvalue weighted by Gasteiger charge is 2.09. The van der Waals surface area contributed by atoms with Crippen molar-refractivity contribution in [3.8, 4) is 0 Å². The van der Waals surface area contributed by atoms with Gasteiger partial charge in [0.1, 0.15) is 0 Å². The van der Waals surface area contributed by atoms with E-state index in [1.807, 2.05) is 38.1 Å². The number of rotatable bonds is 4. The fraction of sp³-hybridized carbons (Fsp3) is 0.462. The quantitative estimate of drug-likeness (QED) is 0.610. The van der Waals surface area contributed by atoms with Crippen LogP contribution < -0.4 is 0 Å². The Bertz CT molecular complexity index is 325. The van der Waals surface area contributed by atoms with E-state index in [-0.39, 0.29) is 11.7 Å². The molecule has 82 valence electrons. The summed E-state index contributed by atoms with van der Waals surface area (Å²) in [5.74, 6) is 0.278. The lowest BCUT2D eigenvalue weighted by atomic mass is 9.99. The Morgan fingerprint density at radius 1 is 1.20 bits per heavy atom. The van der Waals surface area contributed by atoms with Gasteiger partial charge in [-0.15, -0.1) is 0 Å². The predicted octanol–water partition coefficient (Wildman–Crippen LogP) is 3.39. The molecule has 1 rings (SSSR count). The zero-order chi connectivity index (χ0) is 11.4. The van der Waals surface area contributed by atoms with Crippen molar-refractivity contribution in [3.63, 3.8) is 0 Å². The van der Waals surface area contributed by atoms with Gasteiger partial charge < -0.3 is 0 Å². The molecule has 0 bridgehead atoms. The standard InChI is InChI=1S/C13H18OS/c1-9(2)13(14)12-6-4-11(5-7-12)8-10(3)15/h4-7,9-10,15H,8H2,1-3H3. The second-order valence-corrected chi connectivity index (χ2v) is 5.15. The Balaban J connectivity index is 2.76. The SMILES string of the molecule is CC(S)Cc1ccc(C(=O)C(C)C)cc1. The summed E-state index contributed by atoms with van der Waals surface area (Å²) in [5.41, 5.74) is 2.04. The monoisotopic (exact) mass is 222 g/mol. The van der Waals surface area contributed by atoms with Crippen molar-refractivity contribution in [2.24, 2.45) is 5.92 Å². The lowest BCUT2D eigenvalue weighted by molar-refractivity contribution is 0.0939. The summed E-state index contributed by atoms with van der Waals surface area (Å²) in [7, 11) is 0. The lowest BCUT2D eigenvalue weighted by Gasteiger charge is -2.07. The van der Waals surface area contributed by atoms with Crippen LogP contribution in [-0.2, 0) is 6.42 Å². The van der Waals surface area contributed by atoms with E-state index in [4.69, 9.17) is 0 Å². The summed E-state index contributed by atoms with van der Waals surface area (Å²) < 4.78 is 0. The molecular formula is C13H18OS. The zero-order valence-electron chi connectivity index (χ0n) is 9.53. The molecule has 0 spiro atoms. The Labute approximate surface area is 97.3 Å². The van der Waals surface area contributed by atoms with E-state index < -0.39 is 0 Å². The van der Waals surface area contributed by atoms with Gasteiger partial charge in [0.25, 0.3) is 0 Å². The highest BCUT2D eigenvalue weighted by Crippen LogP contribution is 2.12. The van der Waals surface area contributed by atoms with Gasteiger partial charge in [0.15, 0.2) is 5.78 Å². The fourth-order valence-corrected chi connectivity index (χ4v) is 1.69. The van der Waals surface area contributed by atoms with Crippen molar-refractivity contribution in [1.29, 1.82) is 0 Å². The third kappa shape index (κ3) is 3.71. The summed E-state index contributed by atoms with van der Waals surface area (Å²) in [6, 6.07) is 7.85. The van der Waals surface area contributed by atoms with Gasteiger partial charge in [0.05, 0.1) is 0 Å². The van der Waals surface area contributed by atoms with E-state index in [9.17, 15) is 4.79 Å². The van der Waals surface area contributed by atoms with Gasteiger partial charge >= 0.3 is 0 Å². The maximum Gasteiger partial charge on any atom is 0.165 e. The molecule has 0 heterocycles. The molecule has 1 aromatic carbocycles. The molecule has 0 saturated heterocycles. The van der Waals surface area contributed by atoms with Gasteiger partial charge in [-0.1, -0.05) is 45.0 Å². The predicted molar refractivity (Wildman–Crippen MR) is 67.8 cm³/mol. The van der Waals surface area contributed by atoms with Crippen LogP contribution in [0.2, 0.25) is 0 Å². The minimum absolute atomic E-state index is 0.0691. The van der Waals surface area contributed by atoms with E-state index in [1.54, 1.807) is 0 Å². The van der Waals surface area contributed by atoms with Crippen LogP contribution in [0.4, 0.5) is 0 Å². The molecule has 1 unspecified atom stereocenters. The minimum atomic E-state index is 0.0691. The second kappa shape index (κ2) is 5.36. The van der Waals surface area contributed by atoms with Crippen LogP contribution in [0.5, 0.6) is 0 Å². The highest BCUT2D eigenvalue weighted by molar-refractivity contribution is 7.80. The van der Waals surface area contributed by atoms with Gasteiger partial charge in [0, 0.05) is 16.7 Å². The molecule has 0 aliphatic rings. The van der Waals surface area contributed by atoms with Gasteiger partial charge in [-0.05, 0) is 12.0 Å². The molecule has 1 atom stereocenters. The second-order valence-electron chi connectivity index (χ2n) is 4.27. The number of carbonyl (C=O) groups excluding carboxylic acids is 1. The van der Waals surface area contributed by atoms with Crippen LogP contribution in [0.25, 0.3) is 0 Å². The number of hydrogen-bond acceptors (Lipinski definition) is 2. The maximum absolute atomic E-state index is 11.7. The third-order valence-corrected chi connectivity index (χ3v) is 2.48. The number of thiol groups is 1. The molecule has 0 aromatic heterocycles. The Morgan fingerprint density at radius 3 is 2.13 bits per heavy atom. The average Bonchev–Trinajstić information content (AvgIpc) is 2.17. The molecule has 0 saturated carbocycles. The van der Waals surface area contributed by atoms with Crippen molar-refractivity contribution < 1.29 is 4.79 Å². The van der Waals surface area contributed by atoms with Crippen LogP contribution in [0, 0.1) is 5.92 Å². The molecule has 0 aliphatic carbocycles. The third-order valence-electron chi connectivity index (χ3n) is 2.29. The molecule has 0 aliphatic heterocycles. The topological polar surface area (TPSA) is 17.1 Å². The Hall–Kier alpha value is -0.760. The van der Waals surface area contributed by atoms with Crippen molar-refractivity contribution in [1.82, 2.24) is 0 Å². The van der Waals surface area contributed by atoms with Crippen LogP contribution >= 0.6 is 12.6 Å². The molecule has 1 aromatic rings. The number of hydrogen-bond donors (Lipinski definition) is 1. The van der Waals surface area contributed by atoms with Crippen molar-refractivity contribution in [2.45, 2.75) is 32.4 Å². The van der Waals surface area contributed by atoms with Crippen LogP contribution in [0.1, 0.15) is 36.7 Å². The van der Waals surface area contributed by atoms with Gasteiger partial charge in [-0.25, -0.2) is 0 Å². The molecule has 0 amide bonds. The van der Waals surface area contributed by atoms with Crippen molar-refractivity contribution >= 4 is 18.4 Å². The molecule has 15 heavy (non-hydrogen) atoms. The first-order chi connectivity index (χ1) is 7.00. The van der Waals surface area contributed by atoms with Gasteiger partial charge in [0.2, 0.25) is 0 Å². The summed E-state index contributed by atoms with van der Waals surface area (Å²) in [6.45, 7) is 5.91. The minimum Gasteiger partial charge on any atom is -0.294 e. The molecule has 0 N–H and O–H groups in total. The Morgan fingerprint density at radius 2 is 1.73 bits per heavy atom. The highest BCUT2D eigenvalue weighted by atomic mass is 32.1. The van der Waals surface area contributed by atoms with E-state index in [0.29, 0.717) is 5.25 Å². The van der Waals surface area contributed by atoms with E-state index in [1.165, 1.54) is 5.56 Å². The molecular weight excluding hydrogens is 204 g/mol. The van der Waals surface area contributed by atoms with E-state index in [2.05, 4.69) is 19.6 Å². The lowest BCUT2D eigenvalue weighted by Crippen LogP contribution is -2.07. The summed E-state index contributed by atoms with van der Waals surface area (Å²) in [6.07, 6.45) is 0.944. The normalized spacial score (nSPS) is 12.9. The fourth-order valence-electron chi connectivity index (χ4n) is 1.48. The average molecular weight is 222 g/mol. The Kier molecular flexibility index (Phi) is 4.40. The number of Topliss-reactive ketones (excluding diaryl/α,β-unsaturated/α-hetero) is 1. The van der Waals surface area contributed by atoms with E-state index >= 15 is 0 Å². The van der Waals surface area contributed by atoms with E-state index in [0.717, 1.165) is 12.0 Å². The molecule has 0 radical (unpaired) electrons. The van der Waals surface area contributed by atoms with Gasteiger partial charge in [-0.2, -0.15) is 12.6 Å². The first-order valence-corrected chi connectivity index (χ1v) is 5.83. The molecule has 1 nitrogen and oxygen atoms in total. The molecule has 2 heteroatoms. The first kappa shape index (κ1) is 12.3. The number of benzene rings is 1.